The summed E-state index contributed by atoms with van der Waals surface area (Å²) >= 11 is 7.97. The number of para-hydroxylation sites is 2. The first-order chi connectivity index (χ1) is 21.9. The molecule has 0 saturated heterocycles. The number of alkyl halides is 6. The van der Waals surface area contributed by atoms with Crippen LogP contribution < -0.4 is 0 Å². The summed E-state index contributed by atoms with van der Waals surface area (Å²) in [6.45, 7) is 0. The Hall–Kier alpha value is -4.36. The van der Waals surface area contributed by atoms with Crippen LogP contribution in [-0.2, 0) is 12.4 Å². The van der Waals surface area contributed by atoms with Crippen LogP contribution in [0.5, 0.6) is 0 Å². The second-order valence-corrected chi connectivity index (χ2v) is 11.7. The van der Waals surface area contributed by atoms with Crippen molar-refractivity contribution in [3.05, 3.63) is 142 Å². The van der Waals surface area contributed by atoms with Gasteiger partial charge < -0.3 is 0 Å². The molecule has 4 nitrogen and oxygen atoms in total. The summed E-state index contributed by atoms with van der Waals surface area (Å²) in [7, 11) is 0. The van der Waals surface area contributed by atoms with E-state index < -0.39 is 23.5 Å². The van der Waals surface area contributed by atoms with Crippen molar-refractivity contribution in [2.75, 3.05) is 0 Å². The van der Waals surface area contributed by atoms with Gasteiger partial charge in [0.25, 0.3) is 0 Å². The molecule has 0 unspecified atom stereocenters. The summed E-state index contributed by atoms with van der Waals surface area (Å²) in [6, 6.07) is 30.0. The molecular weight excluding hydrogens is 741 g/mol. The van der Waals surface area contributed by atoms with Gasteiger partial charge in [-0.3, -0.25) is 9.13 Å². The average Bonchev–Trinajstić information content (AvgIpc) is 3.66. The van der Waals surface area contributed by atoms with Gasteiger partial charge in [0.2, 0.25) is 0 Å². The molecule has 7 aromatic rings. The Kier molecular flexibility index (Phi) is 8.55. The molecule has 12 heteroatoms. The van der Waals surface area contributed by atoms with E-state index in [0.29, 0.717) is 36.3 Å². The number of hydrogen-bond acceptors (Lipinski definition) is 2. The maximum absolute atomic E-state index is 13.4. The fourth-order valence-corrected chi connectivity index (χ4v) is 6.08. The second kappa shape index (κ2) is 12.4. The van der Waals surface area contributed by atoms with Gasteiger partial charge in [0.15, 0.2) is 0 Å². The van der Waals surface area contributed by atoms with Crippen LogP contribution in [-0.4, -0.2) is 19.1 Å². The van der Waals surface area contributed by atoms with Crippen LogP contribution in [0.1, 0.15) is 11.1 Å². The quantitative estimate of drug-likeness (QED) is 0.133. The summed E-state index contributed by atoms with van der Waals surface area (Å²) < 4.78 is 82.5. The molecule has 0 radical (unpaired) electrons. The highest BCUT2D eigenvalue weighted by Gasteiger charge is 2.33. The lowest BCUT2D eigenvalue weighted by atomic mass is 10.0. The van der Waals surface area contributed by atoms with Crippen LogP contribution in [0.4, 0.5) is 26.3 Å². The van der Waals surface area contributed by atoms with E-state index in [4.69, 9.17) is 11.6 Å². The smallest absolute Gasteiger partial charge is 0.298 e. The minimum absolute atomic E-state index is 0.277. The number of rotatable bonds is 3. The Labute approximate surface area is 277 Å². The molecule has 5 aromatic carbocycles. The predicted molar refractivity (Wildman–Crippen MR) is 175 cm³/mol. The van der Waals surface area contributed by atoms with E-state index in [1.165, 1.54) is 6.33 Å². The van der Waals surface area contributed by atoms with E-state index in [2.05, 4.69) is 9.97 Å². The zero-order chi connectivity index (χ0) is 32.6. The first-order valence-electron chi connectivity index (χ1n) is 13.6. The van der Waals surface area contributed by atoms with Crippen molar-refractivity contribution in [1.29, 1.82) is 0 Å². The lowest BCUT2D eigenvalue weighted by Gasteiger charge is -2.13. The van der Waals surface area contributed by atoms with E-state index in [9.17, 15) is 26.3 Å². The van der Waals surface area contributed by atoms with Crippen molar-refractivity contribution in [2.24, 2.45) is 0 Å². The Morgan fingerprint density at radius 1 is 0.565 bits per heavy atom. The summed E-state index contributed by atoms with van der Waals surface area (Å²) in [5.41, 5.74) is 3.21. The van der Waals surface area contributed by atoms with Gasteiger partial charge in [0, 0.05) is 25.5 Å². The third-order valence-electron chi connectivity index (χ3n) is 7.10. The average molecular weight is 761 g/mol. The Balaban J connectivity index is 0.000000167. The molecule has 7 rings (SSSR count). The molecular formula is C34H20ClF6IN4. The van der Waals surface area contributed by atoms with Crippen molar-refractivity contribution in [1.82, 2.24) is 19.1 Å². The highest BCUT2D eigenvalue weighted by Crippen LogP contribution is 2.38. The minimum atomic E-state index is -4.46. The Bertz CT molecular complexity index is 2160. The van der Waals surface area contributed by atoms with Crippen LogP contribution in [0.15, 0.2) is 122 Å². The van der Waals surface area contributed by atoms with E-state index in [1.54, 1.807) is 39.7 Å². The van der Waals surface area contributed by atoms with Crippen molar-refractivity contribution in [3.8, 4) is 22.5 Å². The molecule has 0 N–H and O–H groups in total. The van der Waals surface area contributed by atoms with Crippen LogP contribution >= 0.6 is 34.2 Å². The molecule has 0 bridgehead atoms. The van der Waals surface area contributed by atoms with Gasteiger partial charge in [0.05, 0.1) is 33.2 Å². The van der Waals surface area contributed by atoms with Crippen LogP contribution in [0.25, 0.3) is 44.6 Å². The fraction of sp³-hybridized carbons (Fsp3) is 0.0588. The molecule has 2 aromatic heterocycles. The van der Waals surface area contributed by atoms with Gasteiger partial charge in [-0.2, -0.15) is 26.3 Å². The van der Waals surface area contributed by atoms with Crippen LogP contribution in [0, 0.1) is 3.57 Å². The summed E-state index contributed by atoms with van der Waals surface area (Å²) in [4.78, 5) is 8.30. The lowest BCUT2D eigenvalue weighted by Crippen LogP contribution is -2.05. The van der Waals surface area contributed by atoms with Crippen LogP contribution in [0.2, 0.25) is 5.02 Å². The maximum Gasteiger partial charge on any atom is 0.416 e. The molecule has 0 aliphatic heterocycles. The van der Waals surface area contributed by atoms with Crippen molar-refractivity contribution in [3.63, 3.8) is 0 Å². The van der Waals surface area contributed by atoms with Crippen molar-refractivity contribution in [2.45, 2.75) is 12.4 Å². The highest BCUT2D eigenvalue weighted by atomic mass is 127. The first kappa shape index (κ1) is 31.6. The normalized spacial score (nSPS) is 11.9. The highest BCUT2D eigenvalue weighted by molar-refractivity contribution is 14.1. The number of fused-ring (bicyclic) bond motifs is 2. The maximum atomic E-state index is 13.4. The Morgan fingerprint density at radius 2 is 1.07 bits per heavy atom. The number of benzene rings is 5. The molecule has 0 spiro atoms. The molecule has 0 fully saturated rings. The largest absolute Gasteiger partial charge is 0.416 e. The standard InChI is InChI=1S/C20H12ClF3N2.C14H8F3IN2/c21-15-6-4-5-13(9-15)17-10-14(20(22,23)24)11-18-19(17)26(12-25-18)16-7-2-1-3-8-16;15-14(16,17)9-6-11(18)13-12(7-9)19-8-20(13)10-4-2-1-3-5-10/h1-12H;1-8H. The zero-order valence-corrected chi connectivity index (χ0v) is 26.3. The molecule has 0 aliphatic carbocycles. The topological polar surface area (TPSA) is 35.6 Å². The zero-order valence-electron chi connectivity index (χ0n) is 23.4. The Morgan fingerprint density at radius 3 is 1.59 bits per heavy atom. The van der Waals surface area contributed by atoms with Gasteiger partial charge in [-0.1, -0.05) is 60.1 Å². The van der Waals surface area contributed by atoms with Gasteiger partial charge in [-0.15, -0.1) is 0 Å². The van der Waals surface area contributed by atoms with Gasteiger partial charge in [0.1, 0.15) is 12.7 Å². The second-order valence-electron chi connectivity index (χ2n) is 10.1. The monoisotopic (exact) mass is 760 g/mol. The van der Waals surface area contributed by atoms with Crippen molar-refractivity contribution < 1.29 is 26.3 Å². The van der Waals surface area contributed by atoms with Gasteiger partial charge >= 0.3 is 12.4 Å². The van der Waals surface area contributed by atoms with Crippen LogP contribution in [0.3, 0.4) is 0 Å². The molecule has 0 amide bonds. The summed E-state index contributed by atoms with van der Waals surface area (Å²) in [5.74, 6) is 0. The molecule has 2 heterocycles. The third kappa shape index (κ3) is 6.47. The lowest BCUT2D eigenvalue weighted by molar-refractivity contribution is -0.138. The summed E-state index contributed by atoms with van der Waals surface area (Å²) in [6.07, 6.45) is -5.74. The number of imidazole rings is 2. The first-order valence-corrected chi connectivity index (χ1v) is 15.0. The van der Waals surface area contributed by atoms with E-state index >= 15 is 0 Å². The number of halogens is 8. The molecule has 0 atom stereocenters. The minimum Gasteiger partial charge on any atom is -0.298 e. The molecule has 0 aliphatic rings. The number of hydrogen-bond donors (Lipinski definition) is 0. The van der Waals surface area contributed by atoms with E-state index in [-0.39, 0.29) is 5.52 Å². The van der Waals surface area contributed by atoms with E-state index in [1.807, 2.05) is 83.3 Å². The van der Waals surface area contributed by atoms with Gasteiger partial charge in [-0.05, 0) is 88.8 Å². The third-order valence-corrected chi connectivity index (χ3v) is 8.16. The predicted octanol–water partition coefficient (Wildman–Crippen LogP) is 11.0. The molecule has 0 saturated carbocycles. The van der Waals surface area contributed by atoms with Crippen molar-refractivity contribution >= 4 is 56.3 Å². The fourth-order valence-electron chi connectivity index (χ4n) is 5.02. The van der Waals surface area contributed by atoms with E-state index in [0.717, 1.165) is 35.6 Å². The molecule has 46 heavy (non-hydrogen) atoms. The number of aromatic nitrogens is 4. The SMILES string of the molecule is FC(F)(F)c1cc(-c2cccc(Cl)c2)c2c(c1)ncn2-c1ccccc1.FC(F)(F)c1cc(I)c2c(c1)ncn2-c1ccccc1. The summed E-state index contributed by atoms with van der Waals surface area (Å²) in [5, 5.41) is 0.457. The van der Waals surface area contributed by atoms with Gasteiger partial charge in [-0.25, -0.2) is 9.97 Å². The molecule has 232 valence electrons. The number of nitrogens with zero attached hydrogens (tertiary/aromatic N) is 4.